The van der Waals surface area contributed by atoms with Crippen molar-refractivity contribution in [1.82, 2.24) is 0 Å². The van der Waals surface area contributed by atoms with Crippen LogP contribution in [0.15, 0.2) is 22.7 Å². The van der Waals surface area contributed by atoms with Crippen molar-refractivity contribution in [1.29, 1.82) is 5.26 Å². The van der Waals surface area contributed by atoms with Gasteiger partial charge in [0.25, 0.3) is 0 Å². The lowest BCUT2D eigenvalue weighted by atomic mass is 9.93. The third-order valence-electron chi connectivity index (χ3n) is 3.56. The fourth-order valence-corrected chi connectivity index (χ4v) is 2.86. The smallest absolute Gasteiger partial charge is 0.101 e. The zero-order valence-corrected chi connectivity index (χ0v) is 12.0. The largest absolute Gasteiger partial charge is 0.393 e. The molecule has 0 spiro atoms. The average molecular weight is 309 g/mol. The van der Waals surface area contributed by atoms with E-state index < -0.39 is 0 Å². The monoisotopic (exact) mass is 308 g/mol. The molecule has 2 rings (SSSR count). The predicted octanol–water partition coefficient (Wildman–Crippen LogP) is 2.92. The summed E-state index contributed by atoms with van der Waals surface area (Å²) >= 11 is 3.39. The Labute approximate surface area is 116 Å². The van der Waals surface area contributed by atoms with E-state index in [0.717, 1.165) is 36.1 Å². The van der Waals surface area contributed by atoms with Gasteiger partial charge in [-0.2, -0.15) is 5.26 Å². The highest BCUT2D eigenvalue weighted by Crippen LogP contribution is 2.29. The fraction of sp³-hybridized carbons (Fsp3) is 0.500. The predicted molar refractivity (Wildman–Crippen MR) is 75.5 cm³/mol. The van der Waals surface area contributed by atoms with E-state index in [-0.39, 0.29) is 6.10 Å². The molecule has 0 radical (unpaired) electrons. The molecule has 0 amide bonds. The highest BCUT2D eigenvalue weighted by atomic mass is 79.9. The SMILES string of the molecule is C[C@@H](O)[C@H]1CCCN(c2ccc(Br)cc2C#N)C1. The topological polar surface area (TPSA) is 47.3 Å². The second kappa shape index (κ2) is 5.73. The summed E-state index contributed by atoms with van der Waals surface area (Å²) < 4.78 is 0.923. The van der Waals surface area contributed by atoms with Gasteiger partial charge in [0.2, 0.25) is 0 Å². The molecule has 1 N–H and O–H groups in total. The quantitative estimate of drug-likeness (QED) is 0.914. The lowest BCUT2D eigenvalue weighted by Crippen LogP contribution is -2.39. The van der Waals surface area contributed by atoms with Crippen LogP contribution in [0.2, 0.25) is 0 Å². The Hall–Kier alpha value is -1.05. The third kappa shape index (κ3) is 2.85. The number of anilines is 1. The van der Waals surface area contributed by atoms with Gasteiger partial charge in [-0.1, -0.05) is 15.9 Å². The van der Waals surface area contributed by atoms with Crippen molar-refractivity contribution < 1.29 is 5.11 Å². The molecule has 1 aromatic rings. The average Bonchev–Trinajstić information content (AvgIpc) is 2.38. The number of halogens is 1. The molecule has 1 heterocycles. The zero-order chi connectivity index (χ0) is 13.1. The van der Waals surface area contributed by atoms with Gasteiger partial charge in [0, 0.05) is 23.5 Å². The van der Waals surface area contributed by atoms with Crippen LogP contribution in [0, 0.1) is 17.2 Å². The van der Waals surface area contributed by atoms with E-state index in [1.807, 2.05) is 25.1 Å². The Morgan fingerprint density at radius 1 is 1.56 bits per heavy atom. The minimum atomic E-state index is -0.284. The standard InChI is InChI=1S/C14H17BrN2O/c1-10(18)11-3-2-6-17(9-11)14-5-4-13(15)7-12(14)8-16/h4-5,7,10-11,18H,2-3,6,9H2,1H3/t10-,11+/m1/s1. The first-order valence-electron chi connectivity index (χ1n) is 6.24. The number of aliphatic hydroxyl groups excluding tert-OH is 1. The summed E-state index contributed by atoms with van der Waals surface area (Å²) in [5.74, 6) is 0.300. The van der Waals surface area contributed by atoms with Gasteiger partial charge >= 0.3 is 0 Å². The summed E-state index contributed by atoms with van der Waals surface area (Å²) in [4.78, 5) is 2.21. The minimum Gasteiger partial charge on any atom is -0.393 e. The maximum absolute atomic E-state index is 9.71. The summed E-state index contributed by atoms with van der Waals surface area (Å²) in [5, 5.41) is 18.9. The minimum absolute atomic E-state index is 0.284. The molecule has 0 saturated carbocycles. The molecule has 2 atom stereocenters. The van der Waals surface area contributed by atoms with Gasteiger partial charge in [-0.05, 0) is 38.0 Å². The zero-order valence-electron chi connectivity index (χ0n) is 10.4. The highest BCUT2D eigenvalue weighted by Gasteiger charge is 2.24. The van der Waals surface area contributed by atoms with Gasteiger partial charge in [0.05, 0.1) is 17.4 Å². The second-order valence-corrected chi connectivity index (χ2v) is 5.78. The molecule has 1 fully saturated rings. The molecule has 96 valence electrons. The Balaban J connectivity index is 2.23. The lowest BCUT2D eigenvalue weighted by molar-refractivity contribution is 0.115. The second-order valence-electron chi connectivity index (χ2n) is 4.86. The maximum atomic E-state index is 9.71. The van der Waals surface area contributed by atoms with E-state index in [1.165, 1.54) is 0 Å². The molecular formula is C14H17BrN2O. The van der Waals surface area contributed by atoms with Crippen molar-refractivity contribution in [2.45, 2.75) is 25.9 Å². The molecule has 1 aliphatic rings. The summed E-state index contributed by atoms with van der Waals surface area (Å²) in [6.07, 6.45) is 1.84. The van der Waals surface area contributed by atoms with E-state index >= 15 is 0 Å². The van der Waals surface area contributed by atoms with Crippen LogP contribution in [0.4, 0.5) is 5.69 Å². The van der Waals surface area contributed by atoms with Crippen molar-refractivity contribution in [2.24, 2.45) is 5.92 Å². The van der Waals surface area contributed by atoms with E-state index in [4.69, 9.17) is 0 Å². The lowest BCUT2D eigenvalue weighted by Gasteiger charge is -2.36. The summed E-state index contributed by atoms with van der Waals surface area (Å²) in [6, 6.07) is 8.03. The summed E-state index contributed by atoms with van der Waals surface area (Å²) in [6.45, 7) is 3.63. The van der Waals surface area contributed by atoms with E-state index in [0.29, 0.717) is 11.5 Å². The number of hydrogen-bond acceptors (Lipinski definition) is 3. The molecule has 18 heavy (non-hydrogen) atoms. The number of nitriles is 1. The molecule has 0 bridgehead atoms. The van der Waals surface area contributed by atoms with Crippen molar-refractivity contribution in [3.8, 4) is 6.07 Å². The molecule has 1 aromatic carbocycles. The van der Waals surface area contributed by atoms with Crippen molar-refractivity contribution >= 4 is 21.6 Å². The third-order valence-corrected chi connectivity index (χ3v) is 4.05. The molecule has 0 aromatic heterocycles. The normalized spacial score (nSPS) is 21.4. The molecule has 1 saturated heterocycles. The first-order valence-corrected chi connectivity index (χ1v) is 7.04. The van der Waals surface area contributed by atoms with E-state index in [1.54, 1.807) is 0 Å². The number of benzene rings is 1. The Morgan fingerprint density at radius 3 is 3.00 bits per heavy atom. The van der Waals surface area contributed by atoms with Crippen LogP contribution in [0.1, 0.15) is 25.3 Å². The van der Waals surface area contributed by atoms with Crippen molar-refractivity contribution in [3.05, 3.63) is 28.2 Å². The van der Waals surface area contributed by atoms with Gasteiger partial charge in [-0.15, -0.1) is 0 Å². The molecule has 3 nitrogen and oxygen atoms in total. The van der Waals surface area contributed by atoms with Crippen LogP contribution >= 0.6 is 15.9 Å². The summed E-state index contributed by atoms with van der Waals surface area (Å²) in [7, 11) is 0. The van der Waals surface area contributed by atoms with Crippen LogP contribution in [-0.4, -0.2) is 24.3 Å². The van der Waals surface area contributed by atoms with Crippen LogP contribution in [0.5, 0.6) is 0 Å². The Morgan fingerprint density at radius 2 is 2.33 bits per heavy atom. The Bertz CT molecular complexity index is 467. The van der Waals surface area contributed by atoms with Crippen LogP contribution in [0.3, 0.4) is 0 Å². The van der Waals surface area contributed by atoms with Crippen LogP contribution in [-0.2, 0) is 0 Å². The summed E-state index contributed by atoms with van der Waals surface area (Å²) in [5.41, 5.74) is 1.67. The Kier molecular flexibility index (Phi) is 4.26. The van der Waals surface area contributed by atoms with E-state index in [2.05, 4.69) is 26.9 Å². The number of hydrogen-bond donors (Lipinski definition) is 1. The van der Waals surface area contributed by atoms with Crippen molar-refractivity contribution in [3.63, 3.8) is 0 Å². The highest BCUT2D eigenvalue weighted by molar-refractivity contribution is 9.10. The molecule has 0 unspecified atom stereocenters. The fourth-order valence-electron chi connectivity index (χ4n) is 2.50. The number of nitrogens with zero attached hydrogens (tertiary/aromatic N) is 2. The first-order chi connectivity index (χ1) is 8.61. The van der Waals surface area contributed by atoms with E-state index in [9.17, 15) is 10.4 Å². The van der Waals surface area contributed by atoms with Crippen LogP contribution < -0.4 is 4.90 Å². The van der Waals surface area contributed by atoms with Gasteiger partial charge in [0.1, 0.15) is 6.07 Å². The van der Waals surface area contributed by atoms with Gasteiger partial charge in [-0.3, -0.25) is 0 Å². The molecule has 4 heteroatoms. The molecule has 1 aliphatic heterocycles. The van der Waals surface area contributed by atoms with Crippen LogP contribution in [0.25, 0.3) is 0 Å². The number of rotatable bonds is 2. The van der Waals surface area contributed by atoms with Gasteiger partial charge in [-0.25, -0.2) is 0 Å². The maximum Gasteiger partial charge on any atom is 0.101 e. The first kappa shape index (κ1) is 13.4. The molecule has 0 aliphatic carbocycles. The van der Waals surface area contributed by atoms with Gasteiger partial charge < -0.3 is 10.0 Å². The molecular weight excluding hydrogens is 292 g/mol. The number of piperidine rings is 1. The number of aliphatic hydroxyl groups is 1. The van der Waals surface area contributed by atoms with Crippen molar-refractivity contribution in [2.75, 3.05) is 18.0 Å². The van der Waals surface area contributed by atoms with Gasteiger partial charge in [0.15, 0.2) is 0 Å².